The van der Waals surface area contributed by atoms with Crippen molar-refractivity contribution in [2.75, 3.05) is 13.1 Å². The van der Waals surface area contributed by atoms with E-state index in [1.54, 1.807) is 0 Å². The van der Waals surface area contributed by atoms with Crippen molar-refractivity contribution in [1.29, 1.82) is 0 Å². The van der Waals surface area contributed by atoms with Crippen LogP contribution in [-0.2, 0) is 0 Å². The number of rotatable bonds is 3. The van der Waals surface area contributed by atoms with Gasteiger partial charge in [0.05, 0.1) is 0 Å². The van der Waals surface area contributed by atoms with Crippen molar-refractivity contribution in [1.82, 2.24) is 4.90 Å². The second-order valence-corrected chi connectivity index (χ2v) is 4.40. The van der Waals surface area contributed by atoms with E-state index in [0.29, 0.717) is 0 Å². The van der Waals surface area contributed by atoms with Crippen LogP contribution in [0.3, 0.4) is 0 Å². The number of hydrogen-bond acceptors (Lipinski definition) is 1. The van der Waals surface area contributed by atoms with Crippen molar-refractivity contribution in [2.24, 2.45) is 0 Å². The Bertz CT molecular complexity index is 233. The molecule has 1 heterocycles. The molecule has 1 aliphatic rings. The van der Waals surface area contributed by atoms with Crippen LogP contribution in [-0.4, -0.2) is 31.0 Å². The fourth-order valence-electron chi connectivity index (χ4n) is 1.93. The van der Waals surface area contributed by atoms with Gasteiger partial charge in [0.2, 0.25) is 0 Å². The first kappa shape index (κ1) is 17.2. The third-order valence-corrected chi connectivity index (χ3v) is 3.06. The minimum atomic E-state index is -4.87. The van der Waals surface area contributed by atoms with Crippen molar-refractivity contribution in [3.05, 3.63) is 12.1 Å². The van der Waals surface area contributed by atoms with Crippen molar-refractivity contribution in [3.8, 4) is 0 Å². The van der Waals surface area contributed by atoms with E-state index in [-0.39, 0.29) is 64.0 Å². The topological polar surface area (TPSA) is 3.24 Å². The van der Waals surface area contributed by atoms with Gasteiger partial charge in [-0.05, 0) is 32.9 Å². The molecule has 0 radical (unpaired) electrons. The zero-order valence-electron chi connectivity index (χ0n) is 10.2. The van der Waals surface area contributed by atoms with Gasteiger partial charge in [-0.1, -0.05) is 12.8 Å². The zero-order chi connectivity index (χ0) is 11.5. The molecule has 0 aromatic rings. The van der Waals surface area contributed by atoms with Gasteiger partial charge in [0.25, 0.3) is 0 Å². The molecule has 0 spiro atoms. The summed E-state index contributed by atoms with van der Waals surface area (Å²) in [7, 11) is 0. The molecule has 0 N–H and O–H groups in total. The van der Waals surface area contributed by atoms with E-state index in [1.165, 1.54) is 0 Å². The first-order valence-corrected chi connectivity index (χ1v) is 5.53. The van der Waals surface area contributed by atoms with Gasteiger partial charge in [-0.3, -0.25) is 4.90 Å². The summed E-state index contributed by atoms with van der Waals surface area (Å²) >= 11 is 0. The molecular formula is C10H18BF3KN. The number of hydrogen-bond donors (Lipinski definition) is 0. The van der Waals surface area contributed by atoms with Crippen LogP contribution in [0, 0.1) is 0 Å². The third-order valence-electron chi connectivity index (χ3n) is 3.06. The molecule has 0 amide bonds. The minimum Gasteiger partial charge on any atom is -0.445 e. The Morgan fingerprint density at radius 2 is 1.94 bits per heavy atom. The molecule has 6 heteroatoms. The molecular weight excluding hydrogens is 241 g/mol. The van der Waals surface area contributed by atoms with Crippen LogP contribution in [0.25, 0.3) is 0 Å². The first-order chi connectivity index (χ1) is 6.91. The third kappa shape index (κ3) is 5.69. The summed E-state index contributed by atoms with van der Waals surface area (Å²) in [5, 5.41) is 0. The molecule has 1 nitrogen and oxygen atoms in total. The van der Waals surface area contributed by atoms with E-state index in [1.807, 2.05) is 11.8 Å². The van der Waals surface area contributed by atoms with Gasteiger partial charge in [-0.25, -0.2) is 0 Å². The molecule has 1 unspecified atom stereocenters. The molecule has 16 heavy (non-hydrogen) atoms. The Balaban J connectivity index is 0.00000225. The molecule has 0 aromatic carbocycles. The van der Waals surface area contributed by atoms with Gasteiger partial charge >= 0.3 is 58.4 Å². The van der Waals surface area contributed by atoms with Gasteiger partial charge in [0, 0.05) is 6.04 Å². The maximum Gasteiger partial charge on any atom is 1.00 e. The van der Waals surface area contributed by atoms with E-state index >= 15 is 0 Å². The molecule has 0 bridgehead atoms. The Hall–Kier alpha value is 1.19. The zero-order valence-corrected chi connectivity index (χ0v) is 13.3. The summed E-state index contributed by atoms with van der Waals surface area (Å²) in [5.74, 6) is 0. The average molecular weight is 259 g/mol. The Morgan fingerprint density at radius 3 is 2.50 bits per heavy atom. The van der Waals surface area contributed by atoms with E-state index < -0.39 is 12.4 Å². The minimum absolute atomic E-state index is 0. The first-order valence-electron chi connectivity index (χ1n) is 5.53. The molecule has 1 saturated heterocycles. The summed E-state index contributed by atoms with van der Waals surface area (Å²) in [6, 6.07) is 0.252. The maximum absolute atomic E-state index is 12.4. The fraction of sp³-hybridized carbons (Fsp3) is 0.800. The normalized spacial score (nSPS) is 23.4. The fourth-order valence-corrected chi connectivity index (χ4v) is 1.93. The summed E-state index contributed by atoms with van der Waals surface area (Å²) in [5.41, 5.74) is -0.566. The second-order valence-electron chi connectivity index (χ2n) is 4.40. The standard InChI is InChI=1S/C10H18BF3N.K/c1-9(11(12,13)14)8-15-7-5-3-4-6-10(15)2;/h10H,1,3-8H2,2H3;/q-1;+1. The van der Waals surface area contributed by atoms with Crippen LogP contribution in [0.5, 0.6) is 0 Å². The molecule has 1 rings (SSSR count). The van der Waals surface area contributed by atoms with Crippen LogP contribution >= 0.6 is 0 Å². The predicted octanol–water partition coefficient (Wildman–Crippen LogP) is 0.198. The maximum atomic E-state index is 12.4. The van der Waals surface area contributed by atoms with Gasteiger partial charge in [-0.15, -0.1) is 12.1 Å². The summed E-state index contributed by atoms with van der Waals surface area (Å²) in [4.78, 5) is 1.91. The van der Waals surface area contributed by atoms with Crippen LogP contribution in [0.4, 0.5) is 12.9 Å². The molecule has 88 valence electrons. The summed E-state index contributed by atoms with van der Waals surface area (Å²) in [6.45, 7) is 1.04. The van der Waals surface area contributed by atoms with Gasteiger partial charge in [0.1, 0.15) is 0 Å². The van der Waals surface area contributed by atoms with Crippen LogP contribution < -0.4 is 51.4 Å². The van der Waals surface area contributed by atoms with Gasteiger partial charge in [0.15, 0.2) is 0 Å². The largest absolute Gasteiger partial charge is 1.00 e. The molecule has 1 fully saturated rings. The van der Waals surface area contributed by atoms with Gasteiger partial charge < -0.3 is 12.9 Å². The SMILES string of the molecule is C=C(CN1CCCCCC1C)[B-](F)(F)F.[K+]. The Kier molecular flexibility index (Phi) is 8.15. The summed E-state index contributed by atoms with van der Waals surface area (Å²) < 4.78 is 37.1. The molecule has 0 aromatic heterocycles. The van der Waals surface area contributed by atoms with E-state index in [4.69, 9.17) is 0 Å². The van der Waals surface area contributed by atoms with Crippen molar-refractivity contribution in [3.63, 3.8) is 0 Å². The summed E-state index contributed by atoms with van der Waals surface area (Å²) in [6.07, 6.45) is 4.26. The quantitative estimate of drug-likeness (QED) is 0.654. The smallest absolute Gasteiger partial charge is 0.445 e. The second kappa shape index (κ2) is 7.59. The van der Waals surface area contributed by atoms with Crippen LogP contribution in [0.2, 0.25) is 0 Å². The van der Waals surface area contributed by atoms with Crippen LogP contribution in [0.15, 0.2) is 12.1 Å². The predicted molar refractivity (Wildman–Crippen MR) is 57.7 cm³/mol. The average Bonchev–Trinajstić information content (AvgIpc) is 2.30. The molecule has 0 saturated carbocycles. The van der Waals surface area contributed by atoms with Crippen molar-refractivity contribution >= 4 is 6.98 Å². The molecule has 0 aliphatic carbocycles. The van der Waals surface area contributed by atoms with Crippen LogP contribution in [0.1, 0.15) is 32.6 Å². The van der Waals surface area contributed by atoms with Crippen molar-refractivity contribution in [2.45, 2.75) is 38.6 Å². The number of nitrogens with zero attached hydrogens (tertiary/aromatic N) is 1. The van der Waals surface area contributed by atoms with E-state index in [9.17, 15) is 12.9 Å². The van der Waals surface area contributed by atoms with Crippen molar-refractivity contribution < 1.29 is 64.3 Å². The Morgan fingerprint density at radius 1 is 1.31 bits per heavy atom. The molecule has 1 aliphatic heterocycles. The number of halogens is 3. The van der Waals surface area contributed by atoms with Gasteiger partial charge in [-0.2, -0.15) is 0 Å². The Labute approximate surface area is 138 Å². The van der Waals surface area contributed by atoms with E-state index in [0.717, 1.165) is 32.2 Å². The molecule has 1 atom stereocenters. The number of likely N-dealkylation sites (tertiary alicyclic amines) is 1. The monoisotopic (exact) mass is 259 g/mol. The van der Waals surface area contributed by atoms with E-state index in [2.05, 4.69) is 6.58 Å².